The van der Waals surface area contributed by atoms with Crippen LogP contribution in [0.2, 0.25) is 0 Å². The van der Waals surface area contributed by atoms with Crippen molar-refractivity contribution in [3.63, 3.8) is 0 Å². The van der Waals surface area contributed by atoms with Crippen LogP contribution in [0.15, 0.2) is 24.3 Å². The third-order valence-electron chi connectivity index (χ3n) is 8.73. The molecule has 3 aromatic rings. The molecule has 0 unspecified atom stereocenters. The Labute approximate surface area is 255 Å². The lowest BCUT2D eigenvalue weighted by molar-refractivity contribution is -0.141. The molecule has 5 rings (SSSR count). The summed E-state index contributed by atoms with van der Waals surface area (Å²) in [5, 5.41) is 20.6. The summed E-state index contributed by atoms with van der Waals surface area (Å²) in [6.45, 7) is 7.49. The first-order chi connectivity index (χ1) is 21.1. The summed E-state index contributed by atoms with van der Waals surface area (Å²) in [6, 6.07) is 7.73. The highest BCUT2D eigenvalue weighted by molar-refractivity contribution is 5.95. The second kappa shape index (κ2) is 12.6. The van der Waals surface area contributed by atoms with Crippen LogP contribution in [0.3, 0.4) is 0 Å². The lowest BCUT2D eigenvalue weighted by atomic mass is 10.0. The number of H-pyrrole nitrogens is 2. The molecule has 0 radical (unpaired) electrons. The number of aromatic nitrogens is 4. The van der Waals surface area contributed by atoms with E-state index in [0.29, 0.717) is 35.5 Å². The van der Waals surface area contributed by atoms with Crippen LogP contribution < -0.4 is 0 Å². The summed E-state index contributed by atoms with van der Waals surface area (Å²) in [5.41, 5.74) is 12.8. The predicted octanol–water partition coefficient (Wildman–Crippen LogP) is 5.34. The molecule has 3 aromatic heterocycles. The van der Waals surface area contributed by atoms with E-state index in [9.17, 15) is 19.8 Å². The minimum absolute atomic E-state index is 0.164. The van der Waals surface area contributed by atoms with E-state index in [0.717, 1.165) is 66.7 Å². The molecule has 8 bridgehead atoms. The highest BCUT2D eigenvalue weighted by atomic mass is 16.5. The maximum atomic E-state index is 12.1. The van der Waals surface area contributed by atoms with Crippen LogP contribution in [0.5, 0.6) is 0 Å². The SMILES string of the molecule is COC(=O)CCC1=C(C)c2cc3[nH]c(cc4nc(cc5[nH]c(cc1n2)c(CCC(=O)OC)c5C)C(CO)=C4C)c(CO)c3C. The van der Waals surface area contributed by atoms with Crippen LogP contribution in [0.1, 0.15) is 78.1 Å². The van der Waals surface area contributed by atoms with E-state index in [1.165, 1.54) is 14.2 Å². The van der Waals surface area contributed by atoms with Gasteiger partial charge >= 0.3 is 11.9 Å². The van der Waals surface area contributed by atoms with Crippen molar-refractivity contribution in [1.29, 1.82) is 0 Å². The van der Waals surface area contributed by atoms with Crippen LogP contribution in [-0.4, -0.2) is 62.9 Å². The Morgan fingerprint density at radius 3 is 1.66 bits per heavy atom. The van der Waals surface area contributed by atoms with Crippen molar-refractivity contribution < 1.29 is 29.3 Å². The molecule has 2 aliphatic heterocycles. The summed E-state index contributed by atoms with van der Waals surface area (Å²) in [6.07, 6.45) is 1.28. The van der Waals surface area contributed by atoms with Crippen LogP contribution in [0.4, 0.5) is 0 Å². The third kappa shape index (κ3) is 5.70. The molecule has 0 amide bonds. The molecule has 0 aliphatic carbocycles. The van der Waals surface area contributed by atoms with E-state index in [-0.39, 0.29) is 38.0 Å². The number of allylic oxidation sites excluding steroid dienone is 3. The smallest absolute Gasteiger partial charge is 0.305 e. The Hall–Kier alpha value is -4.54. The number of carbonyl (C=O) groups is 2. The van der Waals surface area contributed by atoms with Crippen molar-refractivity contribution >= 4 is 56.3 Å². The van der Waals surface area contributed by atoms with E-state index < -0.39 is 0 Å². The number of aromatic amines is 2. The second-order valence-corrected chi connectivity index (χ2v) is 11.1. The average Bonchev–Trinajstić information content (AvgIpc) is 3.67. The van der Waals surface area contributed by atoms with Crippen LogP contribution in [-0.2, 0) is 32.1 Å². The van der Waals surface area contributed by atoms with Gasteiger partial charge in [0.25, 0.3) is 0 Å². The highest BCUT2D eigenvalue weighted by Gasteiger charge is 2.21. The number of hydrogen-bond donors (Lipinski definition) is 4. The fraction of sp³-hybridized carbons (Fsp3) is 0.353. The van der Waals surface area contributed by atoms with Crippen LogP contribution in [0.25, 0.3) is 44.4 Å². The number of fused-ring (bicyclic) bond motifs is 8. The number of esters is 2. The Morgan fingerprint density at radius 1 is 0.636 bits per heavy atom. The predicted molar refractivity (Wildman–Crippen MR) is 170 cm³/mol. The standard InChI is InChI=1S/C34H38N4O6/c1-17-21(7-9-33(41)43-5)29-14-30-22(8-10-34(42)44-6)18(2)27(36-30)12-31-24(16-40)20(4)28(38-31)13-32-23(15-39)19(3)26(37-32)11-25(17)35-29/h11-14,36-37,39-40H,7-10,15-16H2,1-6H3. The number of aliphatic hydroxyl groups excluding tert-OH is 2. The summed E-state index contributed by atoms with van der Waals surface area (Å²) >= 11 is 0. The molecule has 230 valence electrons. The molecule has 0 aromatic carbocycles. The van der Waals surface area contributed by atoms with Crippen molar-refractivity contribution in [2.75, 3.05) is 20.8 Å². The molecule has 0 saturated heterocycles. The zero-order chi connectivity index (χ0) is 31.7. The van der Waals surface area contributed by atoms with Gasteiger partial charge in [-0.25, -0.2) is 9.97 Å². The zero-order valence-corrected chi connectivity index (χ0v) is 26.0. The maximum Gasteiger partial charge on any atom is 0.305 e. The minimum Gasteiger partial charge on any atom is -0.469 e. The molecule has 0 saturated carbocycles. The maximum absolute atomic E-state index is 12.1. The lowest BCUT2D eigenvalue weighted by Gasteiger charge is -2.04. The molecule has 0 spiro atoms. The number of methoxy groups -OCH3 is 2. The number of aliphatic hydroxyl groups is 2. The fourth-order valence-electron chi connectivity index (χ4n) is 5.91. The lowest BCUT2D eigenvalue weighted by Crippen LogP contribution is -2.02. The largest absolute Gasteiger partial charge is 0.469 e. The Kier molecular flexibility index (Phi) is 8.85. The van der Waals surface area contributed by atoms with Gasteiger partial charge in [-0.15, -0.1) is 0 Å². The first-order valence-electron chi connectivity index (χ1n) is 14.6. The van der Waals surface area contributed by atoms with Gasteiger partial charge in [-0.3, -0.25) is 9.59 Å². The quantitative estimate of drug-likeness (QED) is 0.254. The second-order valence-electron chi connectivity index (χ2n) is 11.1. The molecule has 4 N–H and O–H groups in total. The van der Waals surface area contributed by atoms with Gasteiger partial charge in [-0.2, -0.15) is 0 Å². The number of ether oxygens (including phenoxy) is 2. The van der Waals surface area contributed by atoms with Gasteiger partial charge in [0.05, 0.1) is 50.2 Å². The Morgan fingerprint density at radius 2 is 1.09 bits per heavy atom. The highest BCUT2D eigenvalue weighted by Crippen LogP contribution is 2.36. The van der Waals surface area contributed by atoms with Gasteiger partial charge in [-0.05, 0) is 98.2 Å². The third-order valence-corrected chi connectivity index (χ3v) is 8.73. The van der Waals surface area contributed by atoms with E-state index in [1.807, 2.05) is 52.0 Å². The van der Waals surface area contributed by atoms with Gasteiger partial charge in [-0.1, -0.05) is 0 Å². The molecular weight excluding hydrogens is 560 g/mol. The van der Waals surface area contributed by atoms with Gasteiger partial charge in [0.15, 0.2) is 0 Å². The molecule has 0 atom stereocenters. The van der Waals surface area contributed by atoms with Gasteiger partial charge in [0.2, 0.25) is 0 Å². The van der Waals surface area contributed by atoms with E-state index in [2.05, 4.69) is 9.97 Å². The first kappa shape index (κ1) is 30.9. The molecule has 10 heteroatoms. The molecule has 5 heterocycles. The number of hydrogen-bond acceptors (Lipinski definition) is 8. The van der Waals surface area contributed by atoms with Crippen LogP contribution in [0, 0.1) is 13.8 Å². The van der Waals surface area contributed by atoms with Crippen molar-refractivity contribution in [3.05, 3.63) is 69.3 Å². The summed E-state index contributed by atoms with van der Waals surface area (Å²) in [5.74, 6) is -0.617. The Balaban J connectivity index is 1.89. The average molecular weight is 599 g/mol. The van der Waals surface area contributed by atoms with Crippen LogP contribution >= 0.6 is 0 Å². The number of rotatable bonds is 8. The summed E-state index contributed by atoms with van der Waals surface area (Å²) in [7, 11) is 2.75. The van der Waals surface area contributed by atoms with Crippen molar-refractivity contribution in [1.82, 2.24) is 19.9 Å². The molecule has 2 aliphatic rings. The minimum atomic E-state index is -0.309. The zero-order valence-electron chi connectivity index (χ0n) is 26.0. The molecule has 0 fully saturated rings. The summed E-state index contributed by atoms with van der Waals surface area (Å²) < 4.78 is 9.83. The molecule has 44 heavy (non-hydrogen) atoms. The van der Waals surface area contributed by atoms with Gasteiger partial charge in [0.1, 0.15) is 0 Å². The fourth-order valence-corrected chi connectivity index (χ4v) is 5.91. The van der Waals surface area contributed by atoms with E-state index in [1.54, 1.807) is 0 Å². The number of nitrogens with zero attached hydrogens (tertiary/aromatic N) is 2. The first-order valence-corrected chi connectivity index (χ1v) is 14.6. The monoisotopic (exact) mass is 598 g/mol. The normalized spacial score (nSPS) is 13.1. The van der Waals surface area contributed by atoms with Gasteiger partial charge in [0, 0.05) is 46.0 Å². The number of nitrogens with one attached hydrogen (secondary N) is 2. The van der Waals surface area contributed by atoms with Crippen molar-refractivity contribution in [2.45, 2.75) is 60.0 Å². The Bertz CT molecular complexity index is 1890. The van der Waals surface area contributed by atoms with E-state index >= 15 is 0 Å². The van der Waals surface area contributed by atoms with Crippen molar-refractivity contribution in [2.24, 2.45) is 0 Å². The number of carbonyl (C=O) groups excluding carboxylic acids is 2. The molecule has 10 nitrogen and oxygen atoms in total. The summed E-state index contributed by atoms with van der Waals surface area (Å²) in [4.78, 5) is 41.1. The van der Waals surface area contributed by atoms with Gasteiger partial charge < -0.3 is 29.7 Å². The van der Waals surface area contributed by atoms with E-state index in [4.69, 9.17) is 19.4 Å². The van der Waals surface area contributed by atoms with Crippen molar-refractivity contribution in [3.8, 4) is 0 Å². The number of aryl methyl sites for hydroxylation is 3. The topological polar surface area (TPSA) is 150 Å². The molecular formula is C34H38N4O6.